The molecule has 0 unspecified atom stereocenters. The minimum Gasteiger partial charge on any atom is -0.493 e. The lowest BCUT2D eigenvalue weighted by Gasteiger charge is -2.11. The first-order valence-corrected chi connectivity index (χ1v) is 9.38. The molecule has 0 saturated heterocycles. The number of carbonyl (C=O) groups is 2. The summed E-state index contributed by atoms with van der Waals surface area (Å²) < 4.78 is 17.6. The van der Waals surface area contributed by atoms with Crippen LogP contribution in [0, 0.1) is 13.8 Å². The van der Waals surface area contributed by atoms with E-state index >= 15 is 0 Å². The molecule has 1 aromatic heterocycles. The normalized spacial score (nSPS) is 10.4. The molecule has 0 bridgehead atoms. The molecule has 0 aliphatic rings. The Kier molecular flexibility index (Phi) is 6.41. The molecule has 0 atom stereocenters. The molecule has 1 N–H and O–H groups in total. The molecule has 30 heavy (non-hydrogen) atoms. The van der Waals surface area contributed by atoms with E-state index in [-0.39, 0.29) is 0 Å². The van der Waals surface area contributed by atoms with Crippen LogP contribution < -0.4 is 14.8 Å². The van der Waals surface area contributed by atoms with Gasteiger partial charge in [0.05, 0.1) is 19.8 Å². The largest absolute Gasteiger partial charge is 0.493 e. The van der Waals surface area contributed by atoms with E-state index in [0.717, 1.165) is 17.1 Å². The fraction of sp³-hybridized carbons (Fsp3) is 0.217. The molecule has 3 aromatic rings. The molecule has 1 amide bonds. The fourth-order valence-corrected chi connectivity index (χ4v) is 3.26. The molecule has 7 heteroatoms. The standard InChI is InChI=1S/C23H24N2O5/c1-15-12-19(16(2)25(15)18-8-6-5-7-9-18)23(27)30-14-22(26)24-17-10-11-20(28-3)21(13-17)29-4/h5-13H,14H2,1-4H3,(H,24,26). The summed E-state index contributed by atoms with van der Waals surface area (Å²) in [6, 6.07) is 16.5. The molecule has 0 saturated carbocycles. The van der Waals surface area contributed by atoms with Crippen molar-refractivity contribution >= 4 is 17.6 Å². The number of nitrogens with one attached hydrogen (secondary N) is 1. The van der Waals surface area contributed by atoms with Gasteiger partial charge >= 0.3 is 5.97 Å². The zero-order valence-electron chi connectivity index (χ0n) is 17.4. The molecule has 0 radical (unpaired) electrons. The molecule has 0 spiro atoms. The second-order valence-electron chi connectivity index (χ2n) is 6.65. The van der Waals surface area contributed by atoms with Gasteiger partial charge in [0.25, 0.3) is 5.91 Å². The van der Waals surface area contributed by atoms with E-state index in [2.05, 4.69) is 5.32 Å². The number of hydrogen-bond donors (Lipinski definition) is 1. The van der Waals surface area contributed by atoms with Crippen molar-refractivity contribution in [2.45, 2.75) is 13.8 Å². The zero-order valence-corrected chi connectivity index (χ0v) is 17.4. The van der Waals surface area contributed by atoms with Crippen LogP contribution in [0.15, 0.2) is 54.6 Å². The summed E-state index contributed by atoms with van der Waals surface area (Å²) in [6.07, 6.45) is 0. The van der Waals surface area contributed by atoms with E-state index in [4.69, 9.17) is 14.2 Å². The minimum absolute atomic E-state index is 0.401. The third-order valence-corrected chi connectivity index (χ3v) is 4.67. The van der Waals surface area contributed by atoms with Crippen LogP contribution in [0.3, 0.4) is 0 Å². The van der Waals surface area contributed by atoms with E-state index in [0.29, 0.717) is 22.7 Å². The molecular formula is C23H24N2O5. The number of carbonyl (C=O) groups excluding carboxylic acids is 2. The van der Waals surface area contributed by atoms with Crippen LogP contribution in [0.4, 0.5) is 5.69 Å². The molecule has 0 aliphatic heterocycles. The number of aromatic nitrogens is 1. The third kappa shape index (κ3) is 4.46. The number of ether oxygens (including phenoxy) is 3. The van der Waals surface area contributed by atoms with Gasteiger partial charge in [-0.05, 0) is 44.2 Å². The Hall–Kier alpha value is -3.74. The predicted octanol–water partition coefficient (Wildman–Crippen LogP) is 3.91. The SMILES string of the molecule is COc1ccc(NC(=O)COC(=O)c2cc(C)n(-c3ccccc3)c2C)cc1OC. The van der Waals surface area contributed by atoms with Crippen LogP contribution in [-0.2, 0) is 9.53 Å². The molecule has 2 aromatic carbocycles. The van der Waals surface area contributed by atoms with Gasteiger partial charge < -0.3 is 24.1 Å². The predicted molar refractivity (Wildman–Crippen MR) is 114 cm³/mol. The van der Waals surface area contributed by atoms with Gasteiger partial charge in [-0.25, -0.2) is 4.79 Å². The number of para-hydroxylation sites is 1. The number of esters is 1. The summed E-state index contributed by atoms with van der Waals surface area (Å²) in [7, 11) is 3.04. The van der Waals surface area contributed by atoms with E-state index < -0.39 is 18.5 Å². The molecule has 3 rings (SSSR count). The van der Waals surface area contributed by atoms with Crippen molar-refractivity contribution in [3.05, 3.63) is 71.5 Å². The van der Waals surface area contributed by atoms with Crippen LogP contribution in [0.1, 0.15) is 21.7 Å². The van der Waals surface area contributed by atoms with Crippen LogP contribution in [0.2, 0.25) is 0 Å². The Bertz CT molecular complexity index is 1060. The molecule has 0 fully saturated rings. The van der Waals surface area contributed by atoms with Crippen molar-refractivity contribution in [3.8, 4) is 17.2 Å². The zero-order chi connectivity index (χ0) is 21.7. The minimum atomic E-state index is -0.548. The summed E-state index contributed by atoms with van der Waals surface area (Å²) >= 11 is 0. The second kappa shape index (κ2) is 9.17. The van der Waals surface area contributed by atoms with Crippen molar-refractivity contribution in [1.82, 2.24) is 4.57 Å². The monoisotopic (exact) mass is 408 g/mol. The Balaban J connectivity index is 1.65. The molecular weight excluding hydrogens is 384 g/mol. The third-order valence-electron chi connectivity index (χ3n) is 4.67. The lowest BCUT2D eigenvalue weighted by Crippen LogP contribution is -2.21. The Labute approximate surface area is 175 Å². The molecule has 156 valence electrons. The fourth-order valence-electron chi connectivity index (χ4n) is 3.26. The van der Waals surface area contributed by atoms with Crippen molar-refractivity contribution in [3.63, 3.8) is 0 Å². The van der Waals surface area contributed by atoms with Gasteiger partial charge in [0, 0.05) is 28.8 Å². The van der Waals surface area contributed by atoms with Crippen LogP contribution >= 0.6 is 0 Å². The van der Waals surface area contributed by atoms with Crippen molar-refractivity contribution in [1.29, 1.82) is 0 Å². The highest BCUT2D eigenvalue weighted by atomic mass is 16.5. The maximum absolute atomic E-state index is 12.6. The van der Waals surface area contributed by atoms with Gasteiger partial charge in [-0.1, -0.05) is 18.2 Å². The summed E-state index contributed by atoms with van der Waals surface area (Å²) in [4.78, 5) is 24.8. The van der Waals surface area contributed by atoms with E-state index in [1.807, 2.05) is 48.7 Å². The highest BCUT2D eigenvalue weighted by Gasteiger charge is 2.19. The van der Waals surface area contributed by atoms with Gasteiger partial charge in [0.15, 0.2) is 18.1 Å². The maximum Gasteiger partial charge on any atom is 0.340 e. The smallest absolute Gasteiger partial charge is 0.340 e. The molecule has 7 nitrogen and oxygen atoms in total. The topological polar surface area (TPSA) is 78.8 Å². The average Bonchev–Trinajstić information content (AvgIpc) is 3.06. The Morgan fingerprint density at radius 2 is 1.63 bits per heavy atom. The van der Waals surface area contributed by atoms with Gasteiger partial charge in [0.1, 0.15) is 0 Å². The number of amides is 1. The van der Waals surface area contributed by atoms with Gasteiger partial charge in [-0.2, -0.15) is 0 Å². The van der Waals surface area contributed by atoms with Gasteiger partial charge in [-0.15, -0.1) is 0 Å². The van der Waals surface area contributed by atoms with Gasteiger partial charge in [-0.3, -0.25) is 4.79 Å². The highest BCUT2D eigenvalue weighted by molar-refractivity contribution is 5.96. The number of aryl methyl sites for hydroxylation is 1. The number of nitrogens with zero attached hydrogens (tertiary/aromatic N) is 1. The van der Waals surface area contributed by atoms with E-state index in [9.17, 15) is 9.59 Å². The van der Waals surface area contributed by atoms with Crippen molar-refractivity contribution in [2.75, 3.05) is 26.1 Å². The first-order chi connectivity index (χ1) is 14.4. The lowest BCUT2D eigenvalue weighted by molar-refractivity contribution is -0.119. The first kappa shape index (κ1) is 21.0. The lowest BCUT2D eigenvalue weighted by atomic mass is 10.2. The van der Waals surface area contributed by atoms with E-state index in [1.54, 1.807) is 24.3 Å². The summed E-state index contributed by atoms with van der Waals surface area (Å²) in [5.74, 6) is 0.0384. The number of methoxy groups -OCH3 is 2. The quantitative estimate of drug-likeness (QED) is 0.600. The first-order valence-electron chi connectivity index (χ1n) is 9.38. The molecule has 1 heterocycles. The number of rotatable bonds is 7. The average molecular weight is 408 g/mol. The van der Waals surface area contributed by atoms with Crippen LogP contribution in [0.5, 0.6) is 11.5 Å². The summed E-state index contributed by atoms with van der Waals surface area (Å²) in [5.41, 5.74) is 3.55. The number of anilines is 1. The van der Waals surface area contributed by atoms with Crippen molar-refractivity contribution in [2.24, 2.45) is 0 Å². The van der Waals surface area contributed by atoms with Crippen LogP contribution in [-0.4, -0.2) is 37.3 Å². The number of hydrogen-bond acceptors (Lipinski definition) is 5. The van der Waals surface area contributed by atoms with Crippen molar-refractivity contribution < 1.29 is 23.8 Å². The van der Waals surface area contributed by atoms with Gasteiger partial charge in [0.2, 0.25) is 0 Å². The Morgan fingerprint density at radius 3 is 2.30 bits per heavy atom. The summed E-state index contributed by atoms with van der Waals surface area (Å²) in [6.45, 7) is 3.36. The number of benzene rings is 2. The summed E-state index contributed by atoms with van der Waals surface area (Å²) in [5, 5.41) is 2.67. The Morgan fingerprint density at radius 1 is 0.933 bits per heavy atom. The maximum atomic E-state index is 12.6. The highest BCUT2D eigenvalue weighted by Crippen LogP contribution is 2.29. The van der Waals surface area contributed by atoms with Crippen LogP contribution in [0.25, 0.3) is 5.69 Å². The second-order valence-corrected chi connectivity index (χ2v) is 6.65. The van der Waals surface area contributed by atoms with E-state index in [1.165, 1.54) is 14.2 Å². The molecule has 0 aliphatic carbocycles.